The smallest absolute Gasteiger partial charge is 0.00123 e. The van der Waals surface area contributed by atoms with Crippen molar-refractivity contribution >= 4 is 0 Å². The van der Waals surface area contributed by atoms with Crippen LogP contribution in [0.2, 0.25) is 0 Å². The van der Waals surface area contributed by atoms with E-state index in [0.717, 1.165) is 18.4 Å². The molecule has 0 bridgehead atoms. The molecule has 2 nitrogen and oxygen atoms in total. The van der Waals surface area contributed by atoms with Gasteiger partial charge in [0.05, 0.1) is 0 Å². The van der Waals surface area contributed by atoms with Crippen molar-refractivity contribution in [2.24, 2.45) is 11.8 Å². The molecule has 100 valence electrons. The Morgan fingerprint density at radius 1 is 1.06 bits per heavy atom. The number of fused-ring (bicyclic) bond motifs is 1. The highest BCUT2D eigenvalue weighted by Crippen LogP contribution is 2.35. The van der Waals surface area contributed by atoms with E-state index in [4.69, 9.17) is 0 Å². The molecule has 2 aliphatic rings. The van der Waals surface area contributed by atoms with Crippen molar-refractivity contribution in [3.8, 4) is 0 Å². The Balaban J connectivity index is 1.59. The Kier molecular flexibility index (Phi) is 5.79. The molecule has 1 aliphatic heterocycles. The normalized spacial score (nSPS) is 30.2. The third kappa shape index (κ3) is 4.26. The molecule has 0 aromatic rings. The lowest BCUT2D eigenvalue weighted by atomic mass is 9.75. The first-order chi connectivity index (χ1) is 8.40. The van der Waals surface area contributed by atoms with Crippen molar-refractivity contribution in [2.75, 3.05) is 32.7 Å². The predicted octanol–water partition coefficient (Wildman–Crippen LogP) is 2.89. The van der Waals surface area contributed by atoms with Crippen LogP contribution in [0.25, 0.3) is 0 Å². The van der Waals surface area contributed by atoms with Crippen LogP contribution in [0.3, 0.4) is 0 Å². The van der Waals surface area contributed by atoms with Gasteiger partial charge in [-0.05, 0) is 63.7 Å². The molecular weight excluding hydrogens is 208 g/mol. The topological polar surface area (TPSA) is 15.3 Å². The van der Waals surface area contributed by atoms with Crippen LogP contribution >= 0.6 is 0 Å². The highest BCUT2D eigenvalue weighted by molar-refractivity contribution is 4.83. The quantitative estimate of drug-likeness (QED) is 0.716. The van der Waals surface area contributed by atoms with Crippen molar-refractivity contribution < 1.29 is 0 Å². The molecule has 2 unspecified atom stereocenters. The molecule has 1 heterocycles. The van der Waals surface area contributed by atoms with E-state index in [-0.39, 0.29) is 0 Å². The molecule has 0 aromatic carbocycles. The van der Waals surface area contributed by atoms with Crippen LogP contribution in [-0.2, 0) is 0 Å². The maximum atomic E-state index is 3.41. The Bertz CT molecular complexity index is 205. The third-order valence-corrected chi connectivity index (χ3v) is 4.70. The molecule has 17 heavy (non-hydrogen) atoms. The van der Waals surface area contributed by atoms with Crippen molar-refractivity contribution in [2.45, 2.75) is 51.9 Å². The van der Waals surface area contributed by atoms with E-state index in [1.54, 1.807) is 0 Å². The Morgan fingerprint density at radius 2 is 1.88 bits per heavy atom. The van der Waals surface area contributed by atoms with Gasteiger partial charge in [-0.15, -0.1) is 0 Å². The van der Waals surface area contributed by atoms with Gasteiger partial charge in [0.2, 0.25) is 0 Å². The van der Waals surface area contributed by atoms with Gasteiger partial charge in [0.1, 0.15) is 0 Å². The van der Waals surface area contributed by atoms with Gasteiger partial charge in [-0.25, -0.2) is 0 Å². The molecular formula is C15H30N2. The van der Waals surface area contributed by atoms with Crippen LogP contribution in [0.1, 0.15) is 51.9 Å². The molecule has 2 heteroatoms. The summed E-state index contributed by atoms with van der Waals surface area (Å²) in [6.07, 6.45) is 10.2. The highest BCUT2D eigenvalue weighted by atomic mass is 15.1. The molecule has 2 fully saturated rings. The lowest BCUT2D eigenvalue weighted by Gasteiger charge is -2.41. The van der Waals surface area contributed by atoms with Crippen LogP contribution in [0, 0.1) is 11.8 Å². The molecule has 0 amide bonds. The Hall–Kier alpha value is -0.0800. The number of rotatable bonds is 6. The van der Waals surface area contributed by atoms with E-state index in [9.17, 15) is 0 Å². The van der Waals surface area contributed by atoms with E-state index < -0.39 is 0 Å². The number of nitrogens with one attached hydrogen (secondary N) is 1. The van der Waals surface area contributed by atoms with Gasteiger partial charge in [0, 0.05) is 6.54 Å². The minimum atomic E-state index is 1.05. The molecule has 0 aromatic heterocycles. The summed E-state index contributed by atoms with van der Waals surface area (Å²) in [7, 11) is 0. The number of nitrogens with zero attached hydrogens (tertiary/aromatic N) is 1. The summed E-state index contributed by atoms with van der Waals surface area (Å²) in [5.74, 6) is 2.13. The monoisotopic (exact) mass is 238 g/mol. The molecule has 0 radical (unpaired) electrons. The molecule has 1 saturated heterocycles. The van der Waals surface area contributed by atoms with E-state index in [1.165, 1.54) is 71.1 Å². The van der Waals surface area contributed by atoms with Gasteiger partial charge < -0.3 is 10.2 Å². The Morgan fingerprint density at radius 3 is 2.71 bits per heavy atom. The maximum absolute atomic E-state index is 3.41. The zero-order valence-corrected chi connectivity index (χ0v) is 11.6. The summed E-state index contributed by atoms with van der Waals surface area (Å²) < 4.78 is 0. The second kappa shape index (κ2) is 7.38. The number of hydrogen-bond donors (Lipinski definition) is 1. The second-order valence-electron chi connectivity index (χ2n) is 5.95. The fourth-order valence-corrected chi connectivity index (χ4v) is 3.64. The maximum Gasteiger partial charge on any atom is 0.00123 e. The van der Waals surface area contributed by atoms with E-state index >= 15 is 0 Å². The molecule has 0 spiro atoms. The van der Waals surface area contributed by atoms with Crippen molar-refractivity contribution in [3.05, 3.63) is 0 Å². The zero-order chi connectivity index (χ0) is 11.9. The largest absolute Gasteiger partial charge is 0.317 e. The van der Waals surface area contributed by atoms with Crippen LogP contribution in [0.15, 0.2) is 0 Å². The lowest BCUT2D eigenvalue weighted by molar-refractivity contribution is 0.0858. The van der Waals surface area contributed by atoms with E-state index in [1.807, 2.05) is 0 Å². The number of piperidine rings is 1. The average Bonchev–Trinajstić information content (AvgIpc) is 2.38. The molecule has 2 atom stereocenters. The standard InChI is InChI=1S/C15H30N2/c1-2-16-10-5-6-11-17-12-9-14-7-3-4-8-15(14)13-17/h14-16H,2-13H2,1H3. The molecule has 1 N–H and O–H groups in total. The fourth-order valence-electron chi connectivity index (χ4n) is 3.64. The SMILES string of the molecule is CCNCCCCN1CCC2CCCCC2C1. The minimum Gasteiger partial charge on any atom is -0.317 e. The summed E-state index contributed by atoms with van der Waals surface area (Å²) >= 11 is 0. The Labute approximate surface area is 107 Å². The van der Waals surface area contributed by atoms with Gasteiger partial charge >= 0.3 is 0 Å². The van der Waals surface area contributed by atoms with E-state index in [2.05, 4.69) is 17.1 Å². The van der Waals surface area contributed by atoms with Gasteiger partial charge in [-0.2, -0.15) is 0 Å². The molecule has 1 aliphatic carbocycles. The first kappa shape index (κ1) is 13.4. The summed E-state index contributed by atoms with van der Waals surface area (Å²) in [4.78, 5) is 2.73. The van der Waals surface area contributed by atoms with E-state index in [0.29, 0.717) is 0 Å². The highest BCUT2D eigenvalue weighted by Gasteiger charge is 2.30. The predicted molar refractivity (Wildman–Crippen MR) is 74.3 cm³/mol. The van der Waals surface area contributed by atoms with Gasteiger partial charge in [-0.1, -0.05) is 26.2 Å². The van der Waals surface area contributed by atoms with Crippen LogP contribution in [0.4, 0.5) is 0 Å². The zero-order valence-electron chi connectivity index (χ0n) is 11.6. The van der Waals surface area contributed by atoms with Gasteiger partial charge in [-0.3, -0.25) is 0 Å². The van der Waals surface area contributed by atoms with Crippen LogP contribution in [-0.4, -0.2) is 37.6 Å². The second-order valence-corrected chi connectivity index (χ2v) is 5.95. The van der Waals surface area contributed by atoms with Crippen LogP contribution < -0.4 is 5.32 Å². The molecule has 1 saturated carbocycles. The summed E-state index contributed by atoms with van der Waals surface area (Å²) in [6, 6.07) is 0. The fraction of sp³-hybridized carbons (Fsp3) is 1.00. The first-order valence-corrected chi connectivity index (χ1v) is 7.83. The number of hydrogen-bond acceptors (Lipinski definition) is 2. The van der Waals surface area contributed by atoms with Crippen molar-refractivity contribution in [1.82, 2.24) is 10.2 Å². The number of unbranched alkanes of at least 4 members (excludes halogenated alkanes) is 1. The van der Waals surface area contributed by atoms with Gasteiger partial charge in [0.25, 0.3) is 0 Å². The van der Waals surface area contributed by atoms with Crippen molar-refractivity contribution in [3.63, 3.8) is 0 Å². The minimum absolute atomic E-state index is 1.05. The third-order valence-electron chi connectivity index (χ3n) is 4.70. The van der Waals surface area contributed by atoms with Gasteiger partial charge in [0.15, 0.2) is 0 Å². The van der Waals surface area contributed by atoms with Crippen LogP contribution in [0.5, 0.6) is 0 Å². The summed E-state index contributed by atoms with van der Waals surface area (Å²) in [5, 5.41) is 3.41. The van der Waals surface area contributed by atoms with Crippen molar-refractivity contribution in [1.29, 1.82) is 0 Å². The number of likely N-dealkylation sites (tertiary alicyclic amines) is 1. The first-order valence-electron chi connectivity index (χ1n) is 7.83. The summed E-state index contributed by atoms with van der Waals surface area (Å²) in [5.41, 5.74) is 0. The molecule has 2 rings (SSSR count). The average molecular weight is 238 g/mol. The summed E-state index contributed by atoms with van der Waals surface area (Å²) in [6.45, 7) is 8.64. The lowest BCUT2D eigenvalue weighted by Crippen LogP contribution is -2.42.